The number of hydrogen-bond donors (Lipinski definition) is 3. The average molecular weight is 1160 g/mol. The molecule has 8 rings (SSSR count). The first kappa shape index (κ1) is 74.9. The molecule has 19 nitrogen and oxygen atoms in total. The number of carbonyl (C=O) groups excluding carboxylic acids is 1. The molecule has 2 bridgehead atoms. The van der Waals surface area contributed by atoms with Crippen molar-refractivity contribution in [3.63, 3.8) is 0 Å². The van der Waals surface area contributed by atoms with E-state index in [1.165, 1.54) is 82.6 Å². The number of amides is 1. The largest absolute Gasteiger partial charge is 0.395 e. The summed E-state index contributed by atoms with van der Waals surface area (Å²) in [5.41, 5.74) is 0. The smallest absolute Gasteiger partial charge is 0.276 e. The zero-order valence-corrected chi connectivity index (χ0v) is 56.4. The van der Waals surface area contributed by atoms with Gasteiger partial charge in [-0.25, -0.2) is 5.14 Å². The van der Waals surface area contributed by atoms with Crippen LogP contribution in [0.1, 0.15) is 131 Å². The molecular weight excluding hydrogens is 1030 g/mol. The van der Waals surface area contributed by atoms with Crippen LogP contribution in [0.2, 0.25) is 0 Å². The van der Waals surface area contributed by atoms with Gasteiger partial charge in [-0.15, -0.1) is 0 Å². The van der Waals surface area contributed by atoms with E-state index in [0.29, 0.717) is 55.9 Å². The number of nitrogens with one attached hydrogen (secondary N) is 1. The van der Waals surface area contributed by atoms with Crippen molar-refractivity contribution in [3.8, 4) is 0 Å². The van der Waals surface area contributed by atoms with Crippen LogP contribution in [-0.4, -0.2) is 340 Å². The first-order valence-electron chi connectivity index (χ1n) is 31.8. The third-order valence-corrected chi connectivity index (χ3v) is 19.4. The van der Waals surface area contributed by atoms with Gasteiger partial charge >= 0.3 is 0 Å². The van der Waals surface area contributed by atoms with Crippen molar-refractivity contribution in [1.82, 2.24) is 68.4 Å². The van der Waals surface area contributed by atoms with Gasteiger partial charge in [-0.3, -0.25) is 53.8 Å². The second-order valence-electron chi connectivity index (χ2n) is 26.2. The van der Waals surface area contributed by atoms with Gasteiger partial charge in [0.05, 0.1) is 6.61 Å². The highest BCUT2D eigenvalue weighted by atomic mass is 32.2. The summed E-state index contributed by atoms with van der Waals surface area (Å²) in [5, 5.41) is 17.1. The SMILES string of the molecule is CC(=O)N1CCN(C(C)C)CC1.CC(C)N1CC(C)N(C)C(C)C1.CC(C)N1CC2CCC(C1)N2C.CC(C)N1CCN(C)CC1.CC(C)N1CCN(CCO)CC1.CC(C)N1CCN(S(N)(=O)=O)CC1.CC(C)N1CCNCC1. The van der Waals surface area contributed by atoms with E-state index in [2.05, 4.69) is 191 Å². The summed E-state index contributed by atoms with van der Waals surface area (Å²) < 4.78 is 23.2. The predicted molar refractivity (Wildman–Crippen MR) is 339 cm³/mol. The van der Waals surface area contributed by atoms with Crippen LogP contribution in [0.3, 0.4) is 0 Å². The highest BCUT2D eigenvalue weighted by Gasteiger charge is 2.38. The fourth-order valence-corrected chi connectivity index (χ4v) is 12.3. The van der Waals surface area contributed by atoms with Crippen LogP contribution in [0.15, 0.2) is 0 Å². The molecule has 8 aliphatic rings. The Hall–Kier alpha value is -1.18. The molecule has 476 valence electrons. The Bertz CT molecular complexity index is 1660. The van der Waals surface area contributed by atoms with Crippen LogP contribution in [-0.2, 0) is 15.0 Å². The van der Waals surface area contributed by atoms with Gasteiger partial charge in [0.15, 0.2) is 0 Å². The van der Waals surface area contributed by atoms with E-state index in [-0.39, 0.29) is 5.91 Å². The van der Waals surface area contributed by atoms with Crippen LogP contribution in [0.4, 0.5) is 0 Å². The molecule has 8 saturated heterocycles. The monoisotopic (exact) mass is 1160 g/mol. The normalized spacial score (nSPS) is 26.4. The second-order valence-corrected chi connectivity index (χ2v) is 27.8. The van der Waals surface area contributed by atoms with Crippen LogP contribution in [0, 0.1) is 0 Å². The summed E-state index contributed by atoms with van der Waals surface area (Å²) in [6.07, 6.45) is 2.84. The number of nitrogens with zero attached hydrogens (tertiary/aromatic N) is 13. The van der Waals surface area contributed by atoms with E-state index in [1.807, 2.05) is 4.90 Å². The first-order valence-corrected chi connectivity index (χ1v) is 33.3. The molecule has 0 spiro atoms. The molecule has 4 N–H and O–H groups in total. The van der Waals surface area contributed by atoms with Crippen molar-refractivity contribution in [2.45, 2.75) is 197 Å². The Labute approximate surface area is 494 Å². The van der Waals surface area contributed by atoms with E-state index in [9.17, 15) is 13.2 Å². The van der Waals surface area contributed by atoms with E-state index in [0.717, 1.165) is 115 Å². The Balaban J connectivity index is 0.000000320. The molecule has 1 amide bonds. The molecule has 0 saturated carbocycles. The molecule has 8 aliphatic heterocycles. The van der Waals surface area contributed by atoms with Crippen LogP contribution in [0.5, 0.6) is 0 Å². The predicted octanol–water partition coefficient (Wildman–Crippen LogP) is 3.31. The summed E-state index contributed by atoms with van der Waals surface area (Å²) in [5.74, 6) is 0.207. The Kier molecular flexibility index (Phi) is 36.3. The van der Waals surface area contributed by atoms with Crippen LogP contribution in [0.25, 0.3) is 0 Å². The standard InChI is InChI=1S/C10H20N2.C10H22N2.C9H18N2O.C9H20N2O.C8H18N2.C7H17N3O2S.C7H16N2/c1-8(2)12-6-9-4-5-10(7-12)11(9)3;1-8(2)12-6-9(3)11(5)10(4)7-12;1-8(2)10-4-6-11(7-5-10)9(3)12;1-9(2)11-5-3-10(4-6-11)7-8-12;1-8(2)10-6-4-9(3)5-7-10;1-7(2)9-3-5-10(6-4-9)13(8,11)12;1-7(2)9-5-3-8-4-6-9/h8-10H,4-7H2,1-3H3;8-10H,6-7H2,1-5H3;8H,4-7H2,1-3H3;9,12H,3-8H2,1-2H3;8H,4-7H2,1-3H3;7H,3-6H2,1-2H3,(H2,8,11,12);7-8H,3-6H2,1-2H3. The number of carbonyl (C=O) groups is 1. The van der Waals surface area contributed by atoms with E-state index >= 15 is 0 Å². The average Bonchev–Trinajstić information content (AvgIpc) is 3.59. The Morgan fingerprint density at radius 3 is 1.12 bits per heavy atom. The summed E-state index contributed by atoms with van der Waals surface area (Å²) in [7, 11) is 3.24. The van der Waals surface area contributed by atoms with Crippen LogP contribution < -0.4 is 10.5 Å². The van der Waals surface area contributed by atoms with Gasteiger partial charge in [0, 0.05) is 237 Å². The van der Waals surface area contributed by atoms with Gasteiger partial charge in [0.25, 0.3) is 10.2 Å². The lowest BCUT2D eigenvalue weighted by molar-refractivity contribution is -0.130. The first-order chi connectivity index (χ1) is 37.5. The zero-order chi connectivity index (χ0) is 60.4. The number of piperazine rings is 7. The molecule has 20 heteroatoms. The number of likely N-dealkylation sites (N-methyl/N-ethyl adjacent to an activating group) is 3. The summed E-state index contributed by atoms with van der Waals surface area (Å²) in [6.45, 7) is 64.4. The summed E-state index contributed by atoms with van der Waals surface area (Å²) in [4.78, 5) is 40.0. The van der Waals surface area contributed by atoms with Crippen molar-refractivity contribution in [1.29, 1.82) is 0 Å². The van der Waals surface area contributed by atoms with Crippen molar-refractivity contribution >= 4 is 16.1 Å². The molecular formula is C60H131N15O4S. The quantitative estimate of drug-likeness (QED) is 0.293. The van der Waals surface area contributed by atoms with Gasteiger partial charge in [-0.05, 0) is 145 Å². The number of nitrogens with two attached hydrogens (primary N) is 1. The minimum Gasteiger partial charge on any atom is -0.395 e. The van der Waals surface area contributed by atoms with Crippen molar-refractivity contribution in [3.05, 3.63) is 0 Å². The lowest BCUT2D eigenvalue weighted by Crippen LogP contribution is -2.56. The lowest BCUT2D eigenvalue weighted by atomic mass is 10.1. The molecule has 4 atom stereocenters. The molecule has 0 aromatic heterocycles. The number of fused-ring (bicyclic) bond motifs is 2. The van der Waals surface area contributed by atoms with Gasteiger partial charge in [-0.2, -0.15) is 12.7 Å². The fraction of sp³-hybridized carbons (Fsp3) is 0.983. The van der Waals surface area contributed by atoms with E-state index in [4.69, 9.17) is 10.2 Å². The van der Waals surface area contributed by atoms with E-state index < -0.39 is 10.2 Å². The maximum absolute atomic E-state index is 11.0. The number of rotatable bonds is 10. The van der Waals surface area contributed by atoms with Gasteiger partial charge in [0.2, 0.25) is 5.91 Å². The topological polar surface area (TPSA) is 152 Å². The lowest BCUT2D eigenvalue weighted by Gasteiger charge is -2.44. The minimum absolute atomic E-state index is 0.207. The summed E-state index contributed by atoms with van der Waals surface area (Å²) >= 11 is 0. The van der Waals surface area contributed by atoms with E-state index in [1.54, 1.807) is 6.92 Å². The molecule has 4 unspecified atom stereocenters. The molecule has 0 aromatic rings. The number of hydrogen-bond acceptors (Lipinski definition) is 16. The molecule has 0 aliphatic carbocycles. The Morgan fingerprint density at radius 2 is 0.800 bits per heavy atom. The second kappa shape index (κ2) is 38.8. The number of likely N-dealkylation sites (tertiary alicyclic amines) is 1. The van der Waals surface area contributed by atoms with Crippen molar-refractivity contribution in [2.75, 3.05) is 191 Å². The zero-order valence-electron chi connectivity index (χ0n) is 55.6. The summed E-state index contributed by atoms with van der Waals surface area (Å²) in [6, 6.07) is 7.76. The van der Waals surface area contributed by atoms with Gasteiger partial charge < -0.3 is 20.2 Å². The van der Waals surface area contributed by atoms with Gasteiger partial charge in [-0.1, -0.05) is 0 Å². The highest BCUT2D eigenvalue weighted by Crippen LogP contribution is 2.29. The third-order valence-electron chi connectivity index (χ3n) is 18.3. The maximum atomic E-state index is 11.0. The maximum Gasteiger partial charge on any atom is 0.276 e. The highest BCUT2D eigenvalue weighted by molar-refractivity contribution is 7.86. The minimum atomic E-state index is -3.47. The molecule has 8 heterocycles. The molecule has 0 radical (unpaired) electrons. The number of aliphatic hydroxyl groups excluding tert-OH is 1. The Morgan fingerprint density at radius 1 is 0.475 bits per heavy atom. The molecule has 0 aromatic carbocycles. The molecule has 8 fully saturated rings. The van der Waals surface area contributed by atoms with Crippen molar-refractivity contribution in [2.24, 2.45) is 5.14 Å². The van der Waals surface area contributed by atoms with Crippen LogP contribution >= 0.6 is 0 Å². The van der Waals surface area contributed by atoms with Gasteiger partial charge in [0.1, 0.15) is 0 Å². The number of β-amino-alcohol motifs (C(OH)–C–C–N with tert-alkyl or cyclic N) is 1. The fourth-order valence-electron chi connectivity index (χ4n) is 11.6. The third kappa shape index (κ3) is 28.3. The number of aliphatic hydroxyl groups is 1. The molecule has 80 heavy (non-hydrogen) atoms. The van der Waals surface area contributed by atoms with Crippen molar-refractivity contribution < 1.29 is 18.3 Å².